The molecule has 0 amide bonds. The van der Waals surface area contributed by atoms with Gasteiger partial charge in [-0.3, -0.25) is 9.59 Å². The average molecular weight is 436 g/mol. The third-order valence-electron chi connectivity index (χ3n) is 5.25. The molecule has 0 aliphatic carbocycles. The summed E-state index contributed by atoms with van der Waals surface area (Å²) in [6.07, 6.45) is 4.35. The van der Waals surface area contributed by atoms with Crippen molar-refractivity contribution in [3.8, 4) is 17.2 Å². The van der Waals surface area contributed by atoms with E-state index in [0.29, 0.717) is 68.6 Å². The summed E-state index contributed by atoms with van der Waals surface area (Å²) >= 11 is 0. The summed E-state index contributed by atoms with van der Waals surface area (Å²) in [7, 11) is 0. The molecule has 7 heteroatoms. The highest BCUT2D eigenvalue weighted by molar-refractivity contribution is 6.00. The number of carbonyl (C=O) groups is 2. The minimum Gasteiger partial charge on any atom is -0.490 e. The molecule has 1 fully saturated rings. The van der Waals surface area contributed by atoms with Gasteiger partial charge in [0.25, 0.3) is 0 Å². The van der Waals surface area contributed by atoms with Gasteiger partial charge in [-0.15, -0.1) is 0 Å². The van der Waals surface area contributed by atoms with Crippen LogP contribution in [0.5, 0.6) is 17.2 Å². The Balaban J connectivity index is 2.19. The zero-order valence-corrected chi connectivity index (χ0v) is 19.2. The first-order valence-corrected chi connectivity index (χ1v) is 11.5. The van der Waals surface area contributed by atoms with Gasteiger partial charge in [-0.05, 0) is 50.8 Å². The first-order chi connectivity index (χ1) is 15.0. The molecule has 1 heterocycles. The predicted molar refractivity (Wildman–Crippen MR) is 120 cm³/mol. The van der Waals surface area contributed by atoms with Crippen LogP contribution in [0.3, 0.4) is 0 Å². The fourth-order valence-corrected chi connectivity index (χ4v) is 3.63. The lowest BCUT2D eigenvalue weighted by molar-refractivity contribution is -0.143. The van der Waals surface area contributed by atoms with Crippen LogP contribution < -0.4 is 14.2 Å². The minimum atomic E-state index is -0.758. The Kier molecular flexibility index (Phi) is 10.6. The van der Waals surface area contributed by atoms with Crippen LogP contribution in [0.1, 0.15) is 69.7 Å². The van der Waals surface area contributed by atoms with Crippen LogP contribution in [0.2, 0.25) is 0 Å². The van der Waals surface area contributed by atoms with Gasteiger partial charge in [-0.2, -0.15) is 0 Å². The molecule has 174 valence electrons. The zero-order valence-electron chi connectivity index (χ0n) is 19.2. The van der Waals surface area contributed by atoms with Crippen LogP contribution in [0.4, 0.5) is 0 Å². The summed E-state index contributed by atoms with van der Waals surface area (Å²) in [5, 5.41) is 9.28. The molecule has 2 rings (SSSR count). The van der Waals surface area contributed by atoms with Crippen LogP contribution in [-0.4, -0.2) is 61.2 Å². The van der Waals surface area contributed by atoms with E-state index in [-0.39, 0.29) is 11.7 Å². The van der Waals surface area contributed by atoms with E-state index in [9.17, 15) is 14.7 Å². The maximum atomic E-state index is 13.1. The number of carbonyl (C=O) groups excluding carboxylic acids is 1. The number of benzene rings is 1. The summed E-state index contributed by atoms with van der Waals surface area (Å²) < 4.78 is 17.8. The lowest BCUT2D eigenvalue weighted by atomic mass is 9.97. The van der Waals surface area contributed by atoms with Crippen molar-refractivity contribution in [3.05, 3.63) is 17.7 Å². The lowest BCUT2D eigenvalue weighted by Gasteiger charge is -2.30. The highest BCUT2D eigenvalue weighted by Gasteiger charge is 2.27. The number of nitrogens with zero attached hydrogens (tertiary/aromatic N) is 1. The molecular formula is C24H37NO6. The molecule has 0 aromatic heterocycles. The molecule has 1 aliphatic heterocycles. The molecule has 1 N–H and O–H groups in total. The summed E-state index contributed by atoms with van der Waals surface area (Å²) in [5.74, 6) is 0.405. The smallest absolute Gasteiger partial charge is 0.307 e. The number of aliphatic carboxylic acids is 1. The summed E-state index contributed by atoms with van der Waals surface area (Å²) in [4.78, 5) is 26.5. The summed E-state index contributed by atoms with van der Waals surface area (Å²) in [6.45, 7) is 9.48. The van der Waals surface area contributed by atoms with E-state index < -0.39 is 5.97 Å². The van der Waals surface area contributed by atoms with Gasteiger partial charge < -0.3 is 24.2 Å². The van der Waals surface area contributed by atoms with Crippen LogP contribution in [0.15, 0.2) is 12.1 Å². The quantitative estimate of drug-likeness (QED) is 0.433. The standard InChI is InChI=1S/C24H37NO6/c1-4-14-29-21-10-9-19(22(30-15-5-2)23(21)31-16-6-3)20(26)11-13-25-12-7-8-18(17-25)24(27)28/h9-10,18H,4-8,11-17H2,1-3H3,(H,27,28). The van der Waals surface area contributed by atoms with Crippen LogP contribution in [-0.2, 0) is 4.79 Å². The number of rotatable bonds is 14. The van der Waals surface area contributed by atoms with Gasteiger partial charge >= 0.3 is 5.97 Å². The molecule has 0 spiro atoms. The highest BCUT2D eigenvalue weighted by atomic mass is 16.5. The minimum absolute atomic E-state index is 0.0352. The van der Waals surface area contributed by atoms with Crippen LogP contribution >= 0.6 is 0 Å². The number of carboxylic acids is 1. The monoisotopic (exact) mass is 435 g/mol. The van der Waals surface area contributed by atoms with Crippen molar-refractivity contribution in [2.45, 2.75) is 59.3 Å². The maximum Gasteiger partial charge on any atom is 0.307 e. The van der Waals surface area contributed by atoms with Crippen molar-refractivity contribution in [1.82, 2.24) is 4.90 Å². The van der Waals surface area contributed by atoms with Crippen molar-refractivity contribution in [2.75, 3.05) is 39.5 Å². The van der Waals surface area contributed by atoms with E-state index in [1.165, 1.54) is 0 Å². The van der Waals surface area contributed by atoms with Gasteiger partial charge in [0.2, 0.25) is 5.75 Å². The molecule has 0 bridgehead atoms. The molecule has 1 aromatic rings. The number of ketones is 1. The van der Waals surface area contributed by atoms with Crippen molar-refractivity contribution >= 4 is 11.8 Å². The van der Waals surface area contributed by atoms with Crippen molar-refractivity contribution in [2.24, 2.45) is 5.92 Å². The third-order valence-corrected chi connectivity index (χ3v) is 5.25. The number of piperidine rings is 1. The molecule has 1 atom stereocenters. The van der Waals surface area contributed by atoms with E-state index in [0.717, 1.165) is 32.2 Å². The Morgan fingerprint density at radius 1 is 1.00 bits per heavy atom. The largest absolute Gasteiger partial charge is 0.490 e. The Labute approximate surface area is 185 Å². The summed E-state index contributed by atoms with van der Waals surface area (Å²) in [6, 6.07) is 3.54. The fraction of sp³-hybridized carbons (Fsp3) is 0.667. The van der Waals surface area contributed by atoms with Crippen molar-refractivity contribution in [1.29, 1.82) is 0 Å². The number of likely N-dealkylation sites (tertiary alicyclic amines) is 1. The highest BCUT2D eigenvalue weighted by Crippen LogP contribution is 2.41. The van der Waals surface area contributed by atoms with Crippen LogP contribution in [0, 0.1) is 5.92 Å². The summed E-state index contributed by atoms with van der Waals surface area (Å²) in [5.41, 5.74) is 0.496. The molecule has 1 aromatic carbocycles. The van der Waals surface area contributed by atoms with E-state index in [1.807, 2.05) is 20.8 Å². The first kappa shape index (κ1) is 25.0. The number of ether oxygens (including phenoxy) is 3. The number of carboxylic acid groups (broad SMARTS) is 1. The second-order valence-corrected chi connectivity index (χ2v) is 7.97. The van der Waals surface area contributed by atoms with Crippen molar-refractivity contribution in [3.63, 3.8) is 0 Å². The number of hydrogen-bond donors (Lipinski definition) is 1. The van der Waals surface area contributed by atoms with Gasteiger partial charge in [-0.25, -0.2) is 0 Å². The van der Waals surface area contributed by atoms with E-state index in [1.54, 1.807) is 12.1 Å². The number of Topliss-reactive ketones (excluding diaryl/α,β-unsaturated/α-hetero) is 1. The van der Waals surface area contributed by atoms with Gasteiger partial charge in [0.05, 0.1) is 31.3 Å². The SMILES string of the molecule is CCCOc1ccc(C(=O)CCN2CCCC(C(=O)O)C2)c(OCCC)c1OCCC. The van der Waals surface area contributed by atoms with Crippen LogP contribution in [0.25, 0.3) is 0 Å². The van der Waals surface area contributed by atoms with Gasteiger partial charge in [0, 0.05) is 19.5 Å². The van der Waals surface area contributed by atoms with E-state index in [2.05, 4.69) is 4.90 Å². The van der Waals surface area contributed by atoms with Gasteiger partial charge in [-0.1, -0.05) is 20.8 Å². The third kappa shape index (κ3) is 7.42. The Morgan fingerprint density at radius 2 is 1.65 bits per heavy atom. The molecule has 7 nitrogen and oxygen atoms in total. The topological polar surface area (TPSA) is 85.3 Å². The maximum absolute atomic E-state index is 13.1. The second kappa shape index (κ2) is 13.2. The van der Waals surface area contributed by atoms with Gasteiger partial charge in [0.1, 0.15) is 0 Å². The molecular weight excluding hydrogens is 398 g/mol. The zero-order chi connectivity index (χ0) is 22.6. The lowest BCUT2D eigenvalue weighted by Crippen LogP contribution is -2.39. The molecule has 1 aliphatic rings. The Morgan fingerprint density at radius 3 is 2.29 bits per heavy atom. The predicted octanol–water partition coefficient (Wildman–Crippen LogP) is 4.42. The Hall–Kier alpha value is -2.28. The molecule has 1 unspecified atom stereocenters. The Bertz CT molecular complexity index is 720. The molecule has 0 saturated carbocycles. The second-order valence-electron chi connectivity index (χ2n) is 7.97. The van der Waals surface area contributed by atoms with E-state index in [4.69, 9.17) is 14.2 Å². The molecule has 31 heavy (non-hydrogen) atoms. The van der Waals surface area contributed by atoms with Gasteiger partial charge in [0.15, 0.2) is 17.3 Å². The van der Waals surface area contributed by atoms with E-state index >= 15 is 0 Å². The average Bonchev–Trinajstić information content (AvgIpc) is 2.78. The van der Waals surface area contributed by atoms with Crippen molar-refractivity contribution < 1.29 is 28.9 Å². The fourth-order valence-electron chi connectivity index (χ4n) is 3.63. The first-order valence-electron chi connectivity index (χ1n) is 11.5. The normalized spacial score (nSPS) is 16.7. The number of hydrogen-bond acceptors (Lipinski definition) is 6. The molecule has 0 radical (unpaired) electrons. The molecule has 1 saturated heterocycles.